The number of nitrogens with one attached hydrogen (secondary N) is 1. The van der Waals surface area contributed by atoms with Crippen LogP contribution in [-0.2, 0) is 4.79 Å². The van der Waals surface area contributed by atoms with Gasteiger partial charge in [0.25, 0.3) is 0 Å². The fourth-order valence-corrected chi connectivity index (χ4v) is 4.73. The second-order valence-electron chi connectivity index (χ2n) is 7.48. The van der Waals surface area contributed by atoms with Crippen molar-refractivity contribution in [3.8, 4) is 0 Å². The quantitative estimate of drug-likeness (QED) is 0.740. The molecule has 1 saturated heterocycles. The minimum Gasteiger partial charge on any atom is -0.480 e. The van der Waals surface area contributed by atoms with Crippen LogP contribution in [0.4, 0.5) is 4.79 Å². The standard InChI is InChI=1S/C19H30N4O3S/c1-3-21(12-18(24)25)17-10-16(11-17)20-19(26)23-7-5-22(6-8-23)14(2)15-4-9-27-13-15/h4,9,13-14,16-17H,3,5-8,10-12H2,1-2H3,(H,20,26)(H,24,25). The van der Waals surface area contributed by atoms with E-state index in [4.69, 9.17) is 5.11 Å². The summed E-state index contributed by atoms with van der Waals surface area (Å²) in [5, 5.41) is 16.4. The molecule has 2 fully saturated rings. The van der Waals surface area contributed by atoms with Gasteiger partial charge in [-0.25, -0.2) is 4.79 Å². The van der Waals surface area contributed by atoms with Gasteiger partial charge in [-0.2, -0.15) is 11.3 Å². The summed E-state index contributed by atoms with van der Waals surface area (Å²) < 4.78 is 0. The normalized spacial score (nSPS) is 24.5. The Morgan fingerprint density at radius 1 is 1.33 bits per heavy atom. The number of carboxylic acid groups (broad SMARTS) is 1. The average Bonchev–Trinajstić information content (AvgIpc) is 3.16. The minimum atomic E-state index is -0.793. The van der Waals surface area contributed by atoms with Gasteiger partial charge in [-0.15, -0.1) is 0 Å². The van der Waals surface area contributed by atoms with Crippen molar-refractivity contribution >= 4 is 23.3 Å². The predicted octanol–water partition coefficient (Wildman–Crippen LogP) is 2.07. The Balaban J connectivity index is 1.39. The number of hydrogen-bond donors (Lipinski definition) is 2. The van der Waals surface area contributed by atoms with Gasteiger partial charge in [0.1, 0.15) is 0 Å². The van der Waals surface area contributed by atoms with E-state index in [1.165, 1.54) is 5.56 Å². The molecule has 0 bridgehead atoms. The number of carbonyl (C=O) groups excluding carboxylic acids is 1. The maximum absolute atomic E-state index is 12.5. The average molecular weight is 395 g/mol. The van der Waals surface area contributed by atoms with Crippen LogP contribution in [0.5, 0.6) is 0 Å². The van der Waals surface area contributed by atoms with Gasteiger partial charge in [0.15, 0.2) is 0 Å². The summed E-state index contributed by atoms with van der Waals surface area (Å²) in [6.07, 6.45) is 1.67. The fourth-order valence-electron chi connectivity index (χ4n) is 3.98. The predicted molar refractivity (Wildman–Crippen MR) is 106 cm³/mol. The molecular weight excluding hydrogens is 364 g/mol. The van der Waals surface area contributed by atoms with Gasteiger partial charge in [-0.05, 0) is 48.7 Å². The summed E-state index contributed by atoms with van der Waals surface area (Å²) in [5.41, 5.74) is 1.35. The summed E-state index contributed by atoms with van der Waals surface area (Å²) >= 11 is 1.72. The van der Waals surface area contributed by atoms with E-state index in [2.05, 4.69) is 34.0 Å². The van der Waals surface area contributed by atoms with Gasteiger partial charge in [-0.1, -0.05) is 6.92 Å². The van der Waals surface area contributed by atoms with Crippen molar-refractivity contribution in [1.29, 1.82) is 0 Å². The lowest BCUT2D eigenvalue weighted by Crippen LogP contribution is -2.59. The molecule has 2 aliphatic rings. The monoisotopic (exact) mass is 394 g/mol. The van der Waals surface area contributed by atoms with Crippen molar-refractivity contribution in [2.45, 2.75) is 44.8 Å². The Hall–Kier alpha value is -1.64. The number of likely N-dealkylation sites (N-methyl/N-ethyl adjacent to an activating group) is 1. The zero-order valence-corrected chi connectivity index (χ0v) is 17.0. The molecule has 2 N–H and O–H groups in total. The zero-order valence-electron chi connectivity index (χ0n) is 16.1. The first kappa shape index (κ1) is 20.1. The van der Waals surface area contributed by atoms with Gasteiger partial charge in [0.05, 0.1) is 6.54 Å². The van der Waals surface area contributed by atoms with Gasteiger partial charge in [0.2, 0.25) is 0 Å². The Labute approximate surface area is 164 Å². The van der Waals surface area contributed by atoms with Crippen molar-refractivity contribution in [3.05, 3.63) is 22.4 Å². The fraction of sp³-hybridized carbons (Fsp3) is 0.684. The molecule has 2 amide bonds. The maximum Gasteiger partial charge on any atom is 0.317 e. The zero-order chi connectivity index (χ0) is 19.4. The van der Waals surface area contributed by atoms with E-state index in [0.29, 0.717) is 6.04 Å². The van der Waals surface area contributed by atoms with Crippen LogP contribution in [-0.4, -0.2) is 83.2 Å². The number of carbonyl (C=O) groups is 2. The van der Waals surface area contributed by atoms with Crippen molar-refractivity contribution in [1.82, 2.24) is 20.0 Å². The third-order valence-electron chi connectivity index (χ3n) is 5.88. The summed E-state index contributed by atoms with van der Waals surface area (Å²) in [7, 11) is 0. The molecule has 1 unspecified atom stereocenters. The molecule has 150 valence electrons. The largest absolute Gasteiger partial charge is 0.480 e. The Kier molecular flexibility index (Phi) is 6.73. The molecule has 0 aromatic carbocycles. The molecule has 1 aromatic rings. The summed E-state index contributed by atoms with van der Waals surface area (Å²) in [5.74, 6) is -0.793. The number of nitrogens with zero attached hydrogens (tertiary/aromatic N) is 3. The lowest BCUT2D eigenvalue weighted by Gasteiger charge is -2.43. The van der Waals surface area contributed by atoms with E-state index in [0.717, 1.165) is 45.6 Å². The topological polar surface area (TPSA) is 76.1 Å². The Bertz CT molecular complexity index is 625. The Morgan fingerprint density at radius 2 is 2.04 bits per heavy atom. The van der Waals surface area contributed by atoms with Crippen molar-refractivity contribution in [2.24, 2.45) is 0 Å². The first-order chi connectivity index (χ1) is 13.0. The number of hydrogen-bond acceptors (Lipinski definition) is 5. The molecule has 3 rings (SSSR count). The van der Waals surface area contributed by atoms with Crippen LogP contribution in [0.1, 0.15) is 38.3 Å². The number of thiophene rings is 1. The lowest BCUT2D eigenvalue weighted by molar-refractivity contribution is -0.139. The minimum absolute atomic E-state index is 0.0163. The number of carboxylic acids is 1. The maximum atomic E-state index is 12.5. The SMILES string of the molecule is CCN(CC(=O)O)C1CC(NC(=O)N2CCN(C(C)c3ccsc3)CC2)C1. The molecule has 8 heteroatoms. The first-order valence-corrected chi connectivity index (χ1v) is 10.7. The summed E-state index contributed by atoms with van der Waals surface area (Å²) in [6, 6.07) is 3.00. The molecular formula is C19H30N4O3S. The molecule has 1 saturated carbocycles. The van der Waals surface area contributed by atoms with Crippen LogP contribution in [0.2, 0.25) is 0 Å². The van der Waals surface area contributed by atoms with Gasteiger partial charge < -0.3 is 15.3 Å². The number of aliphatic carboxylic acids is 1. The lowest BCUT2D eigenvalue weighted by atomic mass is 9.85. The molecule has 7 nitrogen and oxygen atoms in total. The van der Waals surface area contributed by atoms with E-state index in [1.54, 1.807) is 11.3 Å². The highest BCUT2D eigenvalue weighted by Gasteiger charge is 2.36. The van der Waals surface area contributed by atoms with Crippen LogP contribution >= 0.6 is 11.3 Å². The van der Waals surface area contributed by atoms with Crippen LogP contribution in [0, 0.1) is 0 Å². The van der Waals surface area contributed by atoms with Crippen LogP contribution in [0.25, 0.3) is 0 Å². The summed E-state index contributed by atoms with van der Waals surface area (Å²) in [4.78, 5) is 29.7. The van der Waals surface area contributed by atoms with Crippen molar-refractivity contribution in [2.75, 3.05) is 39.3 Å². The molecule has 1 aromatic heterocycles. The van der Waals surface area contributed by atoms with Gasteiger partial charge in [0, 0.05) is 44.3 Å². The molecule has 0 spiro atoms. The number of piperazine rings is 1. The second kappa shape index (κ2) is 9.03. The highest BCUT2D eigenvalue weighted by atomic mass is 32.1. The van der Waals surface area contributed by atoms with E-state index in [9.17, 15) is 9.59 Å². The highest BCUT2D eigenvalue weighted by Crippen LogP contribution is 2.26. The highest BCUT2D eigenvalue weighted by molar-refractivity contribution is 7.07. The third-order valence-corrected chi connectivity index (χ3v) is 6.58. The summed E-state index contributed by atoms with van der Waals surface area (Å²) in [6.45, 7) is 8.27. The first-order valence-electron chi connectivity index (χ1n) is 9.75. The molecule has 27 heavy (non-hydrogen) atoms. The van der Waals surface area contributed by atoms with Crippen molar-refractivity contribution < 1.29 is 14.7 Å². The molecule has 2 heterocycles. The Morgan fingerprint density at radius 3 is 2.59 bits per heavy atom. The van der Waals surface area contributed by atoms with E-state index in [-0.39, 0.29) is 24.7 Å². The third kappa shape index (κ3) is 5.00. The number of rotatable bonds is 7. The van der Waals surface area contributed by atoms with E-state index >= 15 is 0 Å². The van der Waals surface area contributed by atoms with Gasteiger partial charge >= 0.3 is 12.0 Å². The number of urea groups is 1. The van der Waals surface area contributed by atoms with Crippen molar-refractivity contribution in [3.63, 3.8) is 0 Å². The smallest absolute Gasteiger partial charge is 0.317 e. The van der Waals surface area contributed by atoms with Crippen LogP contribution in [0.15, 0.2) is 16.8 Å². The van der Waals surface area contributed by atoms with E-state index < -0.39 is 5.97 Å². The second-order valence-corrected chi connectivity index (χ2v) is 8.26. The van der Waals surface area contributed by atoms with Gasteiger partial charge in [-0.3, -0.25) is 14.6 Å². The molecule has 1 aliphatic heterocycles. The van der Waals surface area contributed by atoms with Crippen LogP contribution < -0.4 is 5.32 Å². The number of amides is 2. The molecule has 1 aliphatic carbocycles. The molecule has 1 atom stereocenters. The van der Waals surface area contributed by atoms with Crippen LogP contribution in [0.3, 0.4) is 0 Å². The van der Waals surface area contributed by atoms with E-state index in [1.807, 2.05) is 16.7 Å². The molecule has 0 radical (unpaired) electrons.